The summed E-state index contributed by atoms with van der Waals surface area (Å²) in [6.07, 6.45) is 2.23. The second-order valence-corrected chi connectivity index (χ2v) is 7.36. The molecule has 1 heterocycles. The number of esters is 1. The third-order valence-corrected chi connectivity index (χ3v) is 5.55. The zero-order valence-corrected chi connectivity index (χ0v) is 16.7. The summed E-state index contributed by atoms with van der Waals surface area (Å²) >= 11 is 3.61. The van der Waals surface area contributed by atoms with Crippen LogP contribution in [0, 0.1) is 0 Å². The lowest BCUT2D eigenvalue weighted by Gasteiger charge is -2.34. The third kappa shape index (κ3) is 4.86. The van der Waals surface area contributed by atoms with E-state index in [1.807, 2.05) is 37.3 Å². The van der Waals surface area contributed by atoms with Crippen LogP contribution in [0.15, 0.2) is 53.0 Å². The second kappa shape index (κ2) is 9.19. The van der Waals surface area contributed by atoms with Gasteiger partial charge in [-0.3, -0.25) is 0 Å². The summed E-state index contributed by atoms with van der Waals surface area (Å²) in [6, 6.07) is 16.6. The molecule has 0 spiro atoms. The van der Waals surface area contributed by atoms with Crippen LogP contribution in [0.4, 0.5) is 5.69 Å². The number of rotatable bonds is 6. The van der Waals surface area contributed by atoms with Crippen molar-refractivity contribution in [1.29, 1.82) is 0 Å². The quantitative estimate of drug-likeness (QED) is 0.709. The van der Waals surface area contributed by atoms with Crippen LogP contribution in [0.25, 0.3) is 0 Å². The molecule has 138 valence electrons. The number of carbonyl (C=O) groups is 1. The highest BCUT2D eigenvalue weighted by Crippen LogP contribution is 2.22. The van der Waals surface area contributed by atoms with Gasteiger partial charge in [0, 0.05) is 35.8 Å². The van der Waals surface area contributed by atoms with E-state index >= 15 is 0 Å². The first-order chi connectivity index (χ1) is 12.7. The van der Waals surface area contributed by atoms with Crippen LogP contribution < -0.4 is 10.2 Å². The molecule has 4 nitrogen and oxygen atoms in total. The van der Waals surface area contributed by atoms with E-state index in [2.05, 4.69) is 44.3 Å². The first-order valence-electron chi connectivity index (χ1n) is 9.16. The van der Waals surface area contributed by atoms with Gasteiger partial charge in [0.25, 0.3) is 0 Å². The van der Waals surface area contributed by atoms with Gasteiger partial charge in [-0.1, -0.05) is 34.1 Å². The Morgan fingerprint density at radius 3 is 2.50 bits per heavy atom. The minimum Gasteiger partial charge on any atom is -0.462 e. The fourth-order valence-electron chi connectivity index (χ4n) is 3.26. The Hall–Kier alpha value is -1.85. The smallest absolute Gasteiger partial charge is 0.338 e. The molecule has 0 aliphatic carbocycles. The van der Waals surface area contributed by atoms with E-state index in [1.165, 1.54) is 11.3 Å². The molecule has 0 bridgehead atoms. The zero-order chi connectivity index (χ0) is 18.4. The highest BCUT2D eigenvalue weighted by molar-refractivity contribution is 9.10. The number of nitrogens with zero attached hydrogens (tertiary/aromatic N) is 1. The summed E-state index contributed by atoms with van der Waals surface area (Å²) in [5.74, 6) is -0.256. The minimum absolute atomic E-state index is 0.256. The maximum Gasteiger partial charge on any atom is 0.338 e. The lowest BCUT2D eigenvalue weighted by atomic mass is 10.0. The highest BCUT2D eigenvalue weighted by Gasteiger charge is 2.19. The SMILES string of the molecule is CCOC(=O)c1ccc(N2CCC(NCc3ccccc3Br)CC2)cc1. The summed E-state index contributed by atoms with van der Waals surface area (Å²) in [6.45, 7) is 5.15. The van der Waals surface area contributed by atoms with Crippen LogP contribution in [0.5, 0.6) is 0 Å². The van der Waals surface area contributed by atoms with Crippen LogP contribution in [0.3, 0.4) is 0 Å². The van der Waals surface area contributed by atoms with E-state index in [0.29, 0.717) is 18.2 Å². The molecule has 2 aromatic carbocycles. The van der Waals surface area contributed by atoms with Crippen molar-refractivity contribution in [3.63, 3.8) is 0 Å². The molecule has 26 heavy (non-hydrogen) atoms. The van der Waals surface area contributed by atoms with Crippen molar-refractivity contribution in [3.05, 3.63) is 64.1 Å². The average Bonchev–Trinajstić information content (AvgIpc) is 2.68. The van der Waals surface area contributed by atoms with Gasteiger partial charge in [-0.25, -0.2) is 4.79 Å². The Kier molecular flexibility index (Phi) is 6.69. The van der Waals surface area contributed by atoms with E-state index in [9.17, 15) is 4.79 Å². The predicted octanol–water partition coefficient (Wildman–Crippen LogP) is 4.38. The maximum absolute atomic E-state index is 11.7. The van der Waals surface area contributed by atoms with E-state index in [1.54, 1.807) is 0 Å². The van der Waals surface area contributed by atoms with E-state index in [-0.39, 0.29) is 5.97 Å². The maximum atomic E-state index is 11.7. The van der Waals surface area contributed by atoms with Crippen molar-refractivity contribution in [2.75, 3.05) is 24.6 Å². The molecule has 0 aromatic heterocycles. The average molecular weight is 417 g/mol. The van der Waals surface area contributed by atoms with Gasteiger partial charge in [-0.2, -0.15) is 0 Å². The Bertz CT molecular complexity index is 725. The van der Waals surface area contributed by atoms with Gasteiger partial charge in [0.15, 0.2) is 0 Å². The van der Waals surface area contributed by atoms with E-state index in [4.69, 9.17) is 4.74 Å². The molecule has 5 heteroatoms. The molecule has 1 aliphatic rings. The molecule has 0 radical (unpaired) electrons. The van der Waals surface area contributed by atoms with Crippen molar-refractivity contribution in [2.45, 2.75) is 32.4 Å². The first-order valence-corrected chi connectivity index (χ1v) is 9.95. The van der Waals surface area contributed by atoms with Crippen molar-refractivity contribution >= 4 is 27.6 Å². The summed E-state index contributed by atoms with van der Waals surface area (Å²) in [7, 11) is 0. The molecule has 0 amide bonds. The summed E-state index contributed by atoms with van der Waals surface area (Å²) < 4.78 is 6.19. The van der Waals surface area contributed by atoms with Crippen molar-refractivity contribution in [1.82, 2.24) is 5.32 Å². The molecule has 0 saturated carbocycles. The Labute approximate surface area is 163 Å². The number of hydrogen-bond donors (Lipinski definition) is 1. The van der Waals surface area contributed by atoms with Crippen molar-refractivity contribution in [3.8, 4) is 0 Å². The second-order valence-electron chi connectivity index (χ2n) is 6.50. The standard InChI is InChI=1S/C21H25BrN2O2/c1-2-26-21(25)16-7-9-19(10-8-16)24-13-11-18(12-14-24)23-15-17-5-3-4-6-20(17)22/h3-10,18,23H,2,11-15H2,1H3. The number of hydrogen-bond acceptors (Lipinski definition) is 4. The molecule has 0 atom stereocenters. The molecule has 2 aromatic rings. The Morgan fingerprint density at radius 2 is 1.85 bits per heavy atom. The molecule has 3 rings (SSSR count). The summed E-state index contributed by atoms with van der Waals surface area (Å²) in [5.41, 5.74) is 3.08. The van der Waals surface area contributed by atoms with Crippen LogP contribution in [-0.2, 0) is 11.3 Å². The number of benzene rings is 2. The number of piperidine rings is 1. The van der Waals surface area contributed by atoms with Crippen molar-refractivity contribution < 1.29 is 9.53 Å². The largest absolute Gasteiger partial charge is 0.462 e. The van der Waals surface area contributed by atoms with Crippen molar-refractivity contribution in [2.24, 2.45) is 0 Å². The van der Waals surface area contributed by atoms with Gasteiger partial charge in [0.1, 0.15) is 0 Å². The molecule has 1 N–H and O–H groups in total. The predicted molar refractivity (Wildman–Crippen MR) is 109 cm³/mol. The molecule has 0 unspecified atom stereocenters. The molecule has 1 aliphatic heterocycles. The van der Waals surface area contributed by atoms with Gasteiger partial charge < -0.3 is 15.0 Å². The number of nitrogens with one attached hydrogen (secondary N) is 1. The van der Waals surface area contributed by atoms with Crippen LogP contribution in [0.1, 0.15) is 35.7 Å². The minimum atomic E-state index is -0.256. The third-order valence-electron chi connectivity index (χ3n) is 4.78. The Balaban J connectivity index is 1.49. The lowest BCUT2D eigenvalue weighted by molar-refractivity contribution is 0.0526. The van der Waals surface area contributed by atoms with Gasteiger partial charge in [-0.15, -0.1) is 0 Å². The Morgan fingerprint density at radius 1 is 1.15 bits per heavy atom. The summed E-state index contributed by atoms with van der Waals surface area (Å²) in [4.78, 5) is 14.1. The van der Waals surface area contributed by atoms with Gasteiger partial charge >= 0.3 is 5.97 Å². The van der Waals surface area contributed by atoms with Gasteiger partial charge in [-0.05, 0) is 55.7 Å². The van der Waals surface area contributed by atoms with E-state index in [0.717, 1.165) is 36.9 Å². The van der Waals surface area contributed by atoms with E-state index < -0.39 is 0 Å². The lowest BCUT2D eigenvalue weighted by Crippen LogP contribution is -2.42. The zero-order valence-electron chi connectivity index (χ0n) is 15.1. The summed E-state index contributed by atoms with van der Waals surface area (Å²) in [5, 5.41) is 3.67. The van der Waals surface area contributed by atoms with Gasteiger partial charge in [0.2, 0.25) is 0 Å². The molecule has 1 saturated heterocycles. The number of carbonyl (C=O) groups excluding carboxylic acids is 1. The first kappa shape index (κ1) is 18.9. The van der Waals surface area contributed by atoms with Gasteiger partial charge in [0.05, 0.1) is 12.2 Å². The molecular formula is C21H25BrN2O2. The number of anilines is 1. The van der Waals surface area contributed by atoms with Crippen LogP contribution >= 0.6 is 15.9 Å². The molecule has 1 fully saturated rings. The number of ether oxygens (including phenoxy) is 1. The number of halogens is 1. The molecular weight excluding hydrogens is 392 g/mol. The monoisotopic (exact) mass is 416 g/mol. The topological polar surface area (TPSA) is 41.6 Å². The fourth-order valence-corrected chi connectivity index (χ4v) is 3.69. The normalized spacial score (nSPS) is 15.1. The van der Waals surface area contributed by atoms with Crippen LogP contribution in [0.2, 0.25) is 0 Å². The van der Waals surface area contributed by atoms with Crippen LogP contribution in [-0.4, -0.2) is 31.7 Å². The fraction of sp³-hybridized carbons (Fsp3) is 0.381. The highest BCUT2D eigenvalue weighted by atomic mass is 79.9.